The third kappa shape index (κ3) is 2.50. The summed E-state index contributed by atoms with van der Waals surface area (Å²) in [5.74, 6) is 0. The minimum absolute atomic E-state index is 0.772. The summed E-state index contributed by atoms with van der Waals surface area (Å²) in [5, 5.41) is 1.43. The van der Waals surface area contributed by atoms with E-state index < -0.39 is 0 Å². The van der Waals surface area contributed by atoms with Crippen LogP contribution in [0.25, 0.3) is 10.9 Å². The number of nitrogens with one attached hydrogen (secondary N) is 1. The maximum atomic E-state index is 3.44. The lowest BCUT2D eigenvalue weighted by atomic mass is 9.92. The number of rotatable bonds is 3. The number of likely N-dealkylation sites (tertiary alicyclic amines) is 1. The Hall–Kier alpha value is -1.28. The van der Waals surface area contributed by atoms with Crippen molar-refractivity contribution < 1.29 is 0 Å². The first kappa shape index (κ1) is 14.6. The first-order valence-electron chi connectivity index (χ1n) is 8.43. The van der Waals surface area contributed by atoms with Crippen LogP contribution >= 0.6 is 0 Å². The summed E-state index contributed by atoms with van der Waals surface area (Å²) in [6.07, 6.45) is 7.50. The van der Waals surface area contributed by atoms with Crippen molar-refractivity contribution in [2.75, 3.05) is 6.54 Å². The Morgan fingerprint density at radius 3 is 2.71 bits per heavy atom. The SMILES string of the molecule is CCC1CCCCN1Cc1c(C)c(C)c(C)c2[nH]ccc12. The fourth-order valence-electron chi connectivity index (χ4n) is 3.97. The van der Waals surface area contributed by atoms with E-state index >= 15 is 0 Å². The Balaban J connectivity index is 2.02. The van der Waals surface area contributed by atoms with Crippen LogP contribution in [0, 0.1) is 20.8 Å². The van der Waals surface area contributed by atoms with E-state index in [1.165, 1.54) is 65.4 Å². The van der Waals surface area contributed by atoms with E-state index in [4.69, 9.17) is 0 Å². The highest BCUT2D eigenvalue weighted by molar-refractivity contribution is 5.88. The maximum absolute atomic E-state index is 3.44. The number of aromatic amines is 1. The molecule has 0 radical (unpaired) electrons. The molecule has 1 aromatic carbocycles. The van der Waals surface area contributed by atoms with Crippen molar-refractivity contribution in [3.8, 4) is 0 Å². The highest BCUT2D eigenvalue weighted by Gasteiger charge is 2.23. The van der Waals surface area contributed by atoms with E-state index in [-0.39, 0.29) is 0 Å². The minimum Gasteiger partial charge on any atom is -0.361 e. The van der Waals surface area contributed by atoms with Crippen molar-refractivity contribution in [1.29, 1.82) is 0 Å². The molecule has 1 aliphatic heterocycles. The minimum atomic E-state index is 0.772. The number of fused-ring (bicyclic) bond motifs is 1. The van der Waals surface area contributed by atoms with Gasteiger partial charge in [0.1, 0.15) is 0 Å². The third-order valence-corrected chi connectivity index (χ3v) is 5.61. The van der Waals surface area contributed by atoms with Crippen LogP contribution in [0.1, 0.15) is 54.9 Å². The maximum Gasteiger partial charge on any atom is 0.0489 e. The van der Waals surface area contributed by atoms with Crippen LogP contribution in [-0.2, 0) is 6.54 Å². The molecule has 21 heavy (non-hydrogen) atoms. The van der Waals surface area contributed by atoms with Gasteiger partial charge in [0.2, 0.25) is 0 Å². The van der Waals surface area contributed by atoms with Gasteiger partial charge in [0, 0.05) is 29.7 Å². The zero-order valence-corrected chi connectivity index (χ0v) is 13.9. The van der Waals surface area contributed by atoms with Gasteiger partial charge in [-0.2, -0.15) is 0 Å². The molecule has 0 bridgehead atoms. The van der Waals surface area contributed by atoms with E-state index in [9.17, 15) is 0 Å². The van der Waals surface area contributed by atoms with Crippen molar-refractivity contribution in [2.24, 2.45) is 0 Å². The number of H-pyrrole nitrogens is 1. The monoisotopic (exact) mass is 284 g/mol. The Kier molecular flexibility index (Phi) is 4.08. The number of benzene rings is 1. The number of nitrogens with zero attached hydrogens (tertiary/aromatic N) is 1. The van der Waals surface area contributed by atoms with Crippen molar-refractivity contribution in [3.05, 3.63) is 34.5 Å². The lowest BCUT2D eigenvalue weighted by molar-refractivity contribution is 0.136. The molecular formula is C19H28N2. The fourth-order valence-corrected chi connectivity index (χ4v) is 3.97. The van der Waals surface area contributed by atoms with E-state index in [1.807, 2.05) is 0 Å². The Morgan fingerprint density at radius 2 is 1.95 bits per heavy atom. The van der Waals surface area contributed by atoms with E-state index in [1.54, 1.807) is 0 Å². The smallest absolute Gasteiger partial charge is 0.0489 e. The van der Waals surface area contributed by atoms with Gasteiger partial charge in [-0.1, -0.05) is 13.3 Å². The number of aromatic nitrogens is 1. The summed E-state index contributed by atoms with van der Waals surface area (Å²) in [7, 11) is 0. The van der Waals surface area contributed by atoms with E-state index in [2.05, 4.69) is 49.8 Å². The van der Waals surface area contributed by atoms with Crippen LogP contribution in [0.5, 0.6) is 0 Å². The van der Waals surface area contributed by atoms with Crippen LogP contribution in [0.2, 0.25) is 0 Å². The van der Waals surface area contributed by atoms with Gasteiger partial charge < -0.3 is 4.98 Å². The van der Waals surface area contributed by atoms with Gasteiger partial charge in [0.25, 0.3) is 0 Å². The molecule has 0 saturated carbocycles. The molecule has 1 unspecified atom stereocenters. The zero-order valence-electron chi connectivity index (χ0n) is 13.9. The molecule has 3 rings (SSSR count). The second-order valence-electron chi connectivity index (χ2n) is 6.65. The van der Waals surface area contributed by atoms with Gasteiger partial charge in [-0.3, -0.25) is 4.90 Å². The molecule has 1 fully saturated rings. The summed E-state index contributed by atoms with van der Waals surface area (Å²) in [6, 6.07) is 3.03. The molecule has 2 heteroatoms. The van der Waals surface area contributed by atoms with Crippen LogP contribution < -0.4 is 0 Å². The largest absolute Gasteiger partial charge is 0.361 e. The molecule has 2 aromatic rings. The third-order valence-electron chi connectivity index (χ3n) is 5.61. The predicted molar refractivity (Wildman–Crippen MR) is 90.8 cm³/mol. The topological polar surface area (TPSA) is 19.0 Å². The lowest BCUT2D eigenvalue weighted by Gasteiger charge is -2.36. The Morgan fingerprint density at radius 1 is 1.14 bits per heavy atom. The molecule has 1 atom stereocenters. The molecule has 0 amide bonds. The average Bonchev–Trinajstić information content (AvgIpc) is 2.99. The number of hydrogen-bond donors (Lipinski definition) is 1. The molecule has 1 aliphatic rings. The predicted octanol–water partition coefficient (Wildman–Crippen LogP) is 4.86. The van der Waals surface area contributed by atoms with Crippen molar-refractivity contribution in [2.45, 2.75) is 66.0 Å². The second kappa shape index (κ2) is 5.84. The van der Waals surface area contributed by atoms with Crippen molar-refractivity contribution in [3.63, 3.8) is 0 Å². The summed E-state index contributed by atoms with van der Waals surface area (Å²) in [4.78, 5) is 6.16. The Bertz CT molecular complexity index is 639. The Labute approximate surface area is 128 Å². The van der Waals surface area contributed by atoms with Crippen LogP contribution in [0.3, 0.4) is 0 Å². The van der Waals surface area contributed by atoms with Gasteiger partial charge in [-0.25, -0.2) is 0 Å². The number of piperidine rings is 1. The van der Waals surface area contributed by atoms with Gasteiger partial charge in [0.15, 0.2) is 0 Å². The van der Waals surface area contributed by atoms with Gasteiger partial charge in [-0.15, -0.1) is 0 Å². The standard InChI is InChI=1S/C19H28N2/c1-5-16-8-6-7-11-21(16)12-18-14(3)13(2)15(4)19-17(18)9-10-20-19/h9-10,16,20H,5-8,11-12H2,1-4H3. The first-order chi connectivity index (χ1) is 10.1. The molecule has 1 N–H and O–H groups in total. The summed E-state index contributed by atoms with van der Waals surface area (Å²) in [5.41, 5.74) is 7.21. The quantitative estimate of drug-likeness (QED) is 0.853. The molecule has 2 nitrogen and oxygen atoms in total. The van der Waals surface area contributed by atoms with Crippen molar-refractivity contribution >= 4 is 10.9 Å². The van der Waals surface area contributed by atoms with Crippen LogP contribution in [0.4, 0.5) is 0 Å². The number of aryl methyl sites for hydroxylation is 1. The highest BCUT2D eigenvalue weighted by atomic mass is 15.2. The molecule has 2 heterocycles. The second-order valence-corrected chi connectivity index (χ2v) is 6.65. The molecule has 1 aromatic heterocycles. The van der Waals surface area contributed by atoms with Crippen molar-refractivity contribution in [1.82, 2.24) is 9.88 Å². The summed E-state index contributed by atoms with van der Waals surface area (Å²) in [6.45, 7) is 11.5. The van der Waals surface area contributed by atoms with Crippen LogP contribution in [-0.4, -0.2) is 22.5 Å². The molecule has 0 spiro atoms. The molecule has 114 valence electrons. The van der Waals surface area contributed by atoms with E-state index in [0.29, 0.717) is 0 Å². The molecule has 1 saturated heterocycles. The van der Waals surface area contributed by atoms with Gasteiger partial charge in [0.05, 0.1) is 0 Å². The average molecular weight is 284 g/mol. The summed E-state index contributed by atoms with van der Waals surface area (Å²) >= 11 is 0. The fraction of sp³-hybridized carbons (Fsp3) is 0.579. The highest BCUT2D eigenvalue weighted by Crippen LogP contribution is 2.31. The number of hydrogen-bond acceptors (Lipinski definition) is 1. The molecule has 0 aliphatic carbocycles. The molecular weight excluding hydrogens is 256 g/mol. The van der Waals surface area contributed by atoms with Crippen LogP contribution in [0.15, 0.2) is 12.3 Å². The normalized spacial score (nSPS) is 20.3. The van der Waals surface area contributed by atoms with Gasteiger partial charge in [-0.05, 0) is 74.9 Å². The lowest BCUT2D eigenvalue weighted by Crippen LogP contribution is -2.38. The summed E-state index contributed by atoms with van der Waals surface area (Å²) < 4.78 is 0. The van der Waals surface area contributed by atoms with Gasteiger partial charge >= 0.3 is 0 Å². The first-order valence-corrected chi connectivity index (χ1v) is 8.43. The van der Waals surface area contributed by atoms with E-state index in [0.717, 1.165) is 12.6 Å². The zero-order chi connectivity index (χ0) is 15.0.